The number of carbonyl (C=O) groups excluding carboxylic acids is 2. The van der Waals surface area contributed by atoms with Crippen molar-refractivity contribution in [2.24, 2.45) is 0 Å². The number of benzene rings is 1. The van der Waals surface area contributed by atoms with E-state index in [1.165, 1.54) is 12.1 Å². The van der Waals surface area contributed by atoms with Gasteiger partial charge in [0.1, 0.15) is 22.7 Å². The van der Waals surface area contributed by atoms with E-state index in [1.54, 1.807) is 30.5 Å². The Morgan fingerprint density at radius 3 is 2.71 bits per heavy atom. The van der Waals surface area contributed by atoms with Crippen molar-refractivity contribution in [3.05, 3.63) is 64.8 Å². The van der Waals surface area contributed by atoms with Crippen LogP contribution in [0.15, 0.2) is 42.6 Å². The number of fused-ring (bicyclic) bond motifs is 1. The molecule has 0 radical (unpaired) electrons. The van der Waals surface area contributed by atoms with Crippen LogP contribution in [0.25, 0.3) is 10.9 Å². The van der Waals surface area contributed by atoms with E-state index >= 15 is 0 Å². The van der Waals surface area contributed by atoms with Gasteiger partial charge in [-0.05, 0) is 42.7 Å². The van der Waals surface area contributed by atoms with Gasteiger partial charge in [0, 0.05) is 17.8 Å². The van der Waals surface area contributed by atoms with Crippen LogP contribution in [-0.4, -0.2) is 33.9 Å². The molecule has 2 aromatic heterocycles. The molecule has 28 heavy (non-hydrogen) atoms. The zero-order valence-corrected chi connectivity index (χ0v) is 15.6. The molecule has 6 nitrogen and oxygen atoms in total. The second-order valence-electron chi connectivity index (χ2n) is 6.92. The van der Waals surface area contributed by atoms with Crippen molar-refractivity contribution in [3.63, 3.8) is 0 Å². The van der Waals surface area contributed by atoms with Gasteiger partial charge in [-0.15, -0.1) is 0 Å². The van der Waals surface area contributed by atoms with Crippen LogP contribution >= 0.6 is 11.6 Å². The highest BCUT2D eigenvalue weighted by molar-refractivity contribution is 6.30. The summed E-state index contributed by atoms with van der Waals surface area (Å²) in [6.07, 6.45) is 3.69. The summed E-state index contributed by atoms with van der Waals surface area (Å²) in [5.41, 5.74) is 1.74. The average Bonchev–Trinajstić information content (AvgIpc) is 3.38. The van der Waals surface area contributed by atoms with E-state index in [0.29, 0.717) is 16.4 Å². The molecule has 144 valence electrons. The monoisotopic (exact) mass is 400 g/mol. The number of halogens is 2. The van der Waals surface area contributed by atoms with E-state index in [-0.39, 0.29) is 24.2 Å². The number of nitrogens with zero attached hydrogens (tertiary/aromatic N) is 1. The van der Waals surface area contributed by atoms with Crippen molar-refractivity contribution in [2.45, 2.75) is 31.3 Å². The summed E-state index contributed by atoms with van der Waals surface area (Å²) >= 11 is 5.88. The molecule has 0 aliphatic heterocycles. The third-order valence-corrected chi connectivity index (χ3v) is 4.82. The van der Waals surface area contributed by atoms with Crippen molar-refractivity contribution in [1.82, 2.24) is 20.6 Å². The fourth-order valence-electron chi connectivity index (χ4n) is 2.96. The van der Waals surface area contributed by atoms with Gasteiger partial charge in [-0.1, -0.05) is 23.7 Å². The Labute approximate surface area is 165 Å². The quantitative estimate of drug-likeness (QED) is 0.556. The molecule has 1 aromatic carbocycles. The predicted molar refractivity (Wildman–Crippen MR) is 104 cm³/mol. The number of H-pyrrole nitrogens is 1. The summed E-state index contributed by atoms with van der Waals surface area (Å²) in [6.45, 7) is 0. The minimum atomic E-state index is -0.772. The molecule has 0 saturated heterocycles. The van der Waals surface area contributed by atoms with Crippen LogP contribution in [-0.2, 0) is 11.2 Å². The van der Waals surface area contributed by atoms with Crippen molar-refractivity contribution in [2.75, 3.05) is 0 Å². The minimum Gasteiger partial charge on any atom is -0.352 e. The molecule has 1 unspecified atom stereocenters. The average molecular weight is 401 g/mol. The SMILES string of the molecule is O=C(NC(Cc1ccc(F)cc1)C(=O)NC1CC1)c1cc2cc(Cl)ncc2[nH]1. The number of rotatable bonds is 6. The summed E-state index contributed by atoms with van der Waals surface area (Å²) < 4.78 is 13.2. The molecular weight excluding hydrogens is 383 g/mol. The topological polar surface area (TPSA) is 86.9 Å². The Kier molecular flexibility index (Phi) is 5.00. The molecule has 1 atom stereocenters. The van der Waals surface area contributed by atoms with Gasteiger partial charge in [0.15, 0.2) is 0 Å². The molecule has 8 heteroatoms. The lowest BCUT2D eigenvalue weighted by Gasteiger charge is -2.18. The summed E-state index contributed by atoms with van der Waals surface area (Å²) in [7, 11) is 0. The molecule has 3 N–H and O–H groups in total. The van der Waals surface area contributed by atoms with Crippen LogP contribution in [0, 0.1) is 5.82 Å². The smallest absolute Gasteiger partial charge is 0.268 e. The van der Waals surface area contributed by atoms with E-state index in [0.717, 1.165) is 23.8 Å². The van der Waals surface area contributed by atoms with E-state index in [9.17, 15) is 14.0 Å². The van der Waals surface area contributed by atoms with Gasteiger partial charge in [-0.2, -0.15) is 0 Å². The van der Waals surface area contributed by atoms with Crippen molar-refractivity contribution < 1.29 is 14.0 Å². The Bertz CT molecular complexity index is 1030. The molecule has 1 aliphatic rings. The maximum atomic E-state index is 13.2. The number of aromatic amines is 1. The first-order chi connectivity index (χ1) is 13.5. The molecular formula is C20H18ClFN4O2. The summed E-state index contributed by atoms with van der Waals surface area (Å²) in [5.74, 6) is -1.01. The molecule has 2 heterocycles. The fraction of sp³-hybridized carbons (Fsp3) is 0.250. The molecule has 1 fully saturated rings. The molecule has 1 saturated carbocycles. The van der Waals surface area contributed by atoms with Crippen LogP contribution in [0.1, 0.15) is 28.9 Å². The fourth-order valence-corrected chi connectivity index (χ4v) is 3.12. The van der Waals surface area contributed by atoms with E-state index in [4.69, 9.17) is 11.6 Å². The molecule has 0 bridgehead atoms. The maximum absolute atomic E-state index is 13.2. The van der Waals surface area contributed by atoms with Gasteiger partial charge in [-0.25, -0.2) is 9.37 Å². The van der Waals surface area contributed by atoms with Gasteiger partial charge in [0.25, 0.3) is 5.91 Å². The van der Waals surface area contributed by atoms with Gasteiger partial charge < -0.3 is 15.6 Å². The number of pyridine rings is 1. The van der Waals surface area contributed by atoms with E-state index in [1.807, 2.05) is 0 Å². The highest BCUT2D eigenvalue weighted by atomic mass is 35.5. The largest absolute Gasteiger partial charge is 0.352 e. The first-order valence-electron chi connectivity index (χ1n) is 8.98. The van der Waals surface area contributed by atoms with Crippen LogP contribution in [0.5, 0.6) is 0 Å². The van der Waals surface area contributed by atoms with Crippen LogP contribution in [0.3, 0.4) is 0 Å². The highest BCUT2D eigenvalue weighted by Gasteiger charge is 2.29. The third kappa shape index (κ3) is 4.31. The lowest BCUT2D eigenvalue weighted by molar-refractivity contribution is -0.123. The van der Waals surface area contributed by atoms with Crippen molar-refractivity contribution >= 4 is 34.3 Å². The first kappa shape index (κ1) is 18.4. The van der Waals surface area contributed by atoms with E-state index < -0.39 is 11.9 Å². The Morgan fingerprint density at radius 1 is 1.25 bits per heavy atom. The summed E-state index contributed by atoms with van der Waals surface area (Å²) in [5, 5.41) is 6.77. The molecule has 3 aromatic rings. The van der Waals surface area contributed by atoms with Gasteiger partial charge >= 0.3 is 0 Å². The number of aromatic nitrogens is 2. The lowest BCUT2D eigenvalue weighted by atomic mass is 10.0. The first-order valence-corrected chi connectivity index (χ1v) is 9.36. The van der Waals surface area contributed by atoms with Crippen LogP contribution < -0.4 is 10.6 Å². The standard InChI is InChI=1S/C20H18ClFN4O2/c21-18-9-12-8-16(25-17(12)10-23-18)20(28)26-15(19(27)24-14-5-6-14)7-11-1-3-13(22)4-2-11/h1-4,8-10,14-15,25H,5-7H2,(H,24,27)(H,26,28). The molecule has 1 aliphatic carbocycles. The zero-order chi connectivity index (χ0) is 19.7. The van der Waals surface area contributed by atoms with Gasteiger partial charge in [0.05, 0.1) is 11.7 Å². The van der Waals surface area contributed by atoms with Crippen LogP contribution in [0.2, 0.25) is 5.15 Å². The minimum absolute atomic E-state index is 0.168. The third-order valence-electron chi connectivity index (χ3n) is 4.62. The van der Waals surface area contributed by atoms with E-state index in [2.05, 4.69) is 20.6 Å². The zero-order valence-electron chi connectivity index (χ0n) is 14.8. The molecule has 2 amide bonds. The predicted octanol–water partition coefficient (Wildman–Crippen LogP) is 2.98. The number of hydrogen-bond donors (Lipinski definition) is 3. The normalized spacial score (nSPS) is 14.6. The van der Waals surface area contributed by atoms with Crippen molar-refractivity contribution in [3.8, 4) is 0 Å². The number of amides is 2. The number of carbonyl (C=O) groups is 2. The lowest BCUT2D eigenvalue weighted by Crippen LogP contribution is -2.48. The molecule has 4 rings (SSSR count). The maximum Gasteiger partial charge on any atom is 0.268 e. The Hall–Kier alpha value is -2.93. The van der Waals surface area contributed by atoms with Crippen LogP contribution in [0.4, 0.5) is 4.39 Å². The summed E-state index contributed by atoms with van der Waals surface area (Å²) in [6, 6.07) is 8.59. The Balaban J connectivity index is 1.53. The second-order valence-corrected chi connectivity index (χ2v) is 7.30. The Morgan fingerprint density at radius 2 is 2.00 bits per heavy atom. The van der Waals surface area contributed by atoms with Crippen molar-refractivity contribution in [1.29, 1.82) is 0 Å². The number of hydrogen-bond acceptors (Lipinski definition) is 3. The molecule has 0 spiro atoms. The van der Waals surface area contributed by atoms with Gasteiger partial charge in [-0.3, -0.25) is 9.59 Å². The highest BCUT2D eigenvalue weighted by Crippen LogP contribution is 2.20. The number of nitrogens with one attached hydrogen (secondary N) is 3. The second kappa shape index (κ2) is 7.59. The summed E-state index contributed by atoms with van der Waals surface area (Å²) in [4.78, 5) is 32.3. The van der Waals surface area contributed by atoms with Gasteiger partial charge in [0.2, 0.25) is 5.91 Å².